The van der Waals surface area contributed by atoms with E-state index < -0.39 is 0 Å². The lowest BCUT2D eigenvalue weighted by Crippen LogP contribution is -2.22. The van der Waals surface area contributed by atoms with Crippen molar-refractivity contribution in [3.8, 4) is 0 Å². The molecule has 19 heavy (non-hydrogen) atoms. The summed E-state index contributed by atoms with van der Waals surface area (Å²) in [5.74, 6) is -0.0642. The smallest absolute Gasteiger partial charge is 0.194 e. The van der Waals surface area contributed by atoms with Gasteiger partial charge in [-0.15, -0.1) is 0 Å². The van der Waals surface area contributed by atoms with Crippen LogP contribution in [0, 0.1) is 6.92 Å². The SMILES string of the molecule is CCc1c(C)ccc2c1C(=O)c1ccccc1C2=O. The number of benzene rings is 2. The van der Waals surface area contributed by atoms with Crippen LogP contribution in [0.15, 0.2) is 36.4 Å². The Bertz CT molecular complexity index is 711. The predicted octanol–water partition coefficient (Wildman–Crippen LogP) is 3.33. The van der Waals surface area contributed by atoms with Gasteiger partial charge in [-0.2, -0.15) is 0 Å². The Labute approximate surface area is 112 Å². The van der Waals surface area contributed by atoms with Crippen molar-refractivity contribution in [1.29, 1.82) is 0 Å². The standard InChI is InChI=1S/C17H14O2/c1-3-11-10(2)8-9-14-15(11)17(19)13-7-5-4-6-12(13)16(14)18/h4-9H,3H2,1-2H3. The number of hydrogen-bond donors (Lipinski definition) is 0. The van der Waals surface area contributed by atoms with Crippen LogP contribution in [0.5, 0.6) is 0 Å². The fourth-order valence-corrected chi connectivity index (χ4v) is 2.82. The summed E-state index contributed by atoms with van der Waals surface area (Å²) in [7, 11) is 0. The molecule has 0 heterocycles. The third kappa shape index (κ3) is 1.56. The fourth-order valence-electron chi connectivity index (χ4n) is 2.82. The summed E-state index contributed by atoms with van der Waals surface area (Å²) in [6, 6.07) is 10.8. The van der Waals surface area contributed by atoms with Gasteiger partial charge in [-0.1, -0.05) is 43.3 Å². The van der Waals surface area contributed by atoms with Crippen LogP contribution in [-0.2, 0) is 6.42 Å². The summed E-state index contributed by atoms with van der Waals surface area (Å²) >= 11 is 0. The van der Waals surface area contributed by atoms with Crippen LogP contribution in [-0.4, -0.2) is 11.6 Å². The summed E-state index contributed by atoms with van der Waals surface area (Å²) in [6.07, 6.45) is 0.760. The lowest BCUT2D eigenvalue weighted by molar-refractivity contribution is 0.0978. The Morgan fingerprint density at radius 3 is 2.11 bits per heavy atom. The molecule has 1 aliphatic carbocycles. The first-order chi connectivity index (χ1) is 9.15. The minimum Gasteiger partial charge on any atom is -0.289 e. The van der Waals surface area contributed by atoms with Gasteiger partial charge in [-0.3, -0.25) is 9.59 Å². The average molecular weight is 250 g/mol. The number of carbonyl (C=O) groups excluding carboxylic acids is 2. The van der Waals surface area contributed by atoms with Crippen LogP contribution < -0.4 is 0 Å². The highest BCUT2D eigenvalue weighted by Gasteiger charge is 2.31. The van der Waals surface area contributed by atoms with Crippen molar-refractivity contribution in [1.82, 2.24) is 0 Å². The van der Waals surface area contributed by atoms with Crippen LogP contribution in [0.1, 0.15) is 49.9 Å². The van der Waals surface area contributed by atoms with Gasteiger partial charge < -0.3 is 0 Å². The summed E-state index contributed by atoms with van der Waals surface area (Å²) < 4.78 is 0. The second-order valence-electron chi connectivity index (χ2n) is 4.84. The Morgan fingerprint density at radius 2 is 1.47 bits per heavy atom. The lowest BCUT2D eigenvalue weighted by atomic mass is 9.80. The van der Waals surface area contributed by atoms with E-state index in [4.69, 9.17) is 0 Å². The van der Waals surface area contributed by atoms with Gasteiger partial charge in [0.2, 0.25) is 0 Å². The summed E-state index contributed by atoms with van der Waals surface area (Å²) in [5.41, 5.74) is 4.26. The normalized spacial score (nSPS) is 13.2. The molecule has 2 aromatic rings. The molecule has 2 nitrogen and oxygen atoms in total. The van der Waals surface area contributed by atoms with Gasteiger partial charge in [0, 0.05) is 22.3 Å². The van der Waals surface area contributed by atoms with Gasteiger partial charge in [-0.25, -0.2) is 0 Å². The molecule has 0 amide bonds. The first kappa shape index (κ1) is 11.8. The van der Waals surface area contributed by atoms with E-state index in [-0.39, 0.29) is 11.6 Å². The Kier molecular flexibility index (Phi) is 2.59. The molecule has 1 aliphatic rings. The molecule has 0 fully saturated rings. The third-order valence-corrected chi connectivity index (χ3v) is 3.79. The van der Waals surface area contributed by atoms with E-state index in [1.165, 1.54) is 0 Å². The monoisotopic (exact) mass is 250 g/mol. The van der Waals surface area contributed by atoms with Crippen molar-refractivity contribution >= 4 is 11.6 Å². The van der Waals surface area contributed by atoms with Crippen LogP contribution in [0.4, 0.5) is 0 Å². The second kappa shape index (κ2) is 4.16. The van der Waals surface area contributed by atoms with Crippen molar-refractivity contribution in [2.75, 3.05) is 0 Å². The molecule has 0 saturated heterocycles. The highest BCUT2D eigenvalue weighted by atomic mass is 16.1. The zero-order chi connectivity index (χ0) is 13.6. The van der Waals surface area contributed by atoms with E-state index in [1.807, 2.05) is 19.9 Å². The molecule has 0 spiro atoms. The van der Waals surface area contributed by atoms with Crippen molar-refractivity contribution in [2.24, 2.45) is 0 Å². The Morgan fingerprint density at radius 1 is 0.842 bits per heavy atom. The molecular weight excluding hydrogens is 236 g/mol. The number of rotatable bonds is 1. The highest BCUT2D eigenvalue weighted by Crippen LogP contribution is 2.31. The molecule has 0 bridgehead atoms. The predicted molar refractivity (Wildman–Crippen MR) is 73.9 cm³/mol. The molecule has 0 aromatic heterocycles. The van der Waals surface area contributed by atoms with Crippen molar-refractivity contribution in [3.05, 3.63) is 69.8 Å². The maximum absolute atomic E-state index is 12.6. The maximum atomic E-state index is 12.6. The lowest BCUT2D eigenvalue weighted by Gasteiger charge is -2.21. The van der Waals surface area contributed by atoms with Gasteiger partial charge >= 0.3 is 0 Å². The number of carbonyl (C=O) groups is 2. The van der Waals surface area contributed by atoms with E-state index in [0.29, 0.717) is 22.3 Å². The molecule has 3 rings (SSSR count). The van der Waals surface area contributed by atoms with Crippen LogP contribution in [0.2, 0.25) is 0 Å². The highest BCUT2D eigenvalue weighted by molar-refractivity contribution is 6.28. The van der Waals surface area contributed by atoms with E-state index in [1.54, 1.807) is 30.3 Å². The zero-order valence-electron chi connectivity index (χ0n) is 11.0. The molecule has 2 heteroatoms. The molecule has 0 aliphatic heterocycles. The average Bonchev–Trinajstić information content (AvgIpc) is 2.44. The van der Waals surface area contributed by atoms with Gasteiger partial charge in [0.1, 0.15) is 0 Å². The zero-order valence-corrected chi connectivity index (χ0v) is 11.0. The molecule has 0 unspecified atom stereocenters. The minimum atomic E-state index is -0.0418. The van der Waals surface area contributed by atoms with Crippen LogP contribution >= 0.6 is 0 Å². The van der Waals surface area contributed by atoms with Gasteiger partial charge in [0.15, 0.2) is 11.6 Å². The third-order valence-electron chi connectivity index (χ3n) is 3.79. The van der Waals surface area contributed by atoms with Crippen LogP contribution in [0.25, 0.3) is 0 Å². The summed E-state index contributed by atoms with van der Waals surface area (Å²) in [4.78, 5) is 25.1. The van der Waals surface area contributed by atoms with Crippen molar-refractivity contribution < 1.29 is 9.59 Å². The largest absolute Gasteiger partial charge is 0.289 e. The van der Waals surface area contributed by atoms with E-state index in [9.17, 15) is 9.59 Å². The van der Waals surface area contributed by atoms with Gasteiger partial charge in [-0.05, 0) is 24.5 Å². The molecule has 0 radical (unpaired) electrons. The topological polar surface area (TPSA) is 34.1 Å². The summed E-state index contributed by atoms with van der Waals surface area (Å²) in [5, 5.41) is 0. The van der Waals surface area contributed by atoms with E-state index in [0.717, 1.165) is 17.5 Å². The van der Waals surface area contributed by atoms with Crippen LogP contribution in [0.3, 0.4) is 0 Å². The van der Waals surface area contributed by atoms with E-state index in [2.05, 4.69) is 0 Å². The molecule has 0 N–H and O–H groups in total. The first-order valence-corrected chi connectivity index (χ1v) is 6.46. The number of fused-ring (bicyclic) bond motifs is 2. The van der Waals surface area contributed by atoms with Crippen molar-refractivity contribution in [2.45, 2.75) is 20.3 Å². The molecule has 0 atom stereocenters. The number of hydrogen-bond acceptors (Lipinski definition) is 2. The van der Waals surface area contributed by atoms with Gasteiger partial charge in [0.25, 0.3) is 0 Å². The van der Waals surface area contributed by atoms with Crippen molar-refractivity contribution in [3.63, 3.8) is 0 Å². The minimum absolute atomic E-state index is 0.0225. The molecule has 2 aromatic carbocycles. The first-order valence-electron chi connectivity index (χ1n) is 6.46. The Balaban J connectivity index is 2.36. The molecule has 0 saturated carbocycles. The quantitative estimate of drug-likeness (QED) is 0.664. The molecule has 94 valence electrons. The van der Waals surface area contributed by atoms with E-state index >= 15 is 0 Å². The van der Waals surface area contributed by atoms with Gasteiger partial charge in [0.05, 0.1) is 0 Å². The number of aryl methyl sites for hydroxylation is 1. The summed E-state index contributed by atoms with van der Waals surface area (Å²) in [6.45, 7) is 4.00. The molecular formula is C17H14O2. The Hall–Kier alpha value is -2.22. The fraction of sp³-hybridized carbons (Fsp3) is 0.176. The second-order valence-corrected chi connectivity index (χ2v) is 4.84. The maximum Gasteiger partial charge on any atom is 0.194 e. The number of ketones is 2.